The number of hydrogen-bond acceptors (Lipinski definition) is 3. The van der Waals surface area contributed by atoms with Gasteiger partial charge >= 0.3 is 0 Å². The van der Waals surface area contributed by atoms with E-state index >= 15 is 0 Å². The first kappa shape index (κ1) is 9.29. The van der Waals surface area contributed by atoms with E-state index in [4.69, 9.17) is 5.11 Å². The molecule has 68 valence electrons. The van der Waals surface area contributed by atoms with Crippen molar-refractivity contribution in [2.24, 2.45) is 0 Å². The topological polar surface area (TPSA) is 41.5 Å². The third kappa shape index (κ3) is 3.07. The maximum absolute atomic E-state index is 9.06. The molecular weight excluding hydrogens is 154 g/mol. The summed E-state index contributed by atoms with van der Waals surface area (Å²) in [4.78, 5) is 0. The van der Waals surface area contributed by atoms with E-state index in [0.717, 1.165) is 18.5 Å². The summed E-state index contributed by atoms with van der Waals surface area (Å²) in [6.07, 6.45) is 7.54. The molecule has 3 nitrogen and oxygen atoms in total. The van der Waals surface area contributed by atoms with Crippen molar-refractivity contribution < 1.29 is 9.84 Å². The molecular formula is C9H15NO2. The van der Waals surface area contributed by atoms with Crippen LogP contribution in [0.4, 0.5) is 0 Å². The van der Waals surface area contributed by atoms with Crippen LogP contribution in [-0.2, 0) is 4.74 Å². The van der Waals surface area contributed by atoms with Gasteiger partial charge in [-0.1, -0.05) is 12.2 Å². The fraction of sp³-hybridized carbons (Fsp3) is 0.556. The predicted octanol–water partition coefficient (Wildman–Crippen LogP) is 0.775. The molecule has 0 fully saturated rings. The lowest BCUT2D eigenvalue weighted by atomic mass is 10.1. The maximum Gasteiger partial charge on any atom is 0.171 e. The van der Waals surface area contributed by atoms with Crippen LogP contribution in [0.5, 0.6) is 0 Å². The second kappa shape index (κ2) is 4.95. The van der Waals surface area contributed by atoms with E-state index < -0.39 is 6.29 Å². The first-order chi connectivity index (χ1) is 5.83. The molecule has 0 aromatic heterocycles. The number of aliphatic hydroxyl groups excluding tert-OH is 1. The van der Waals surface area contributed by atoms with E-state index in [2.05, 4.69) is 16.1 Å². The Morgan fingerprint density at radius 2 is 2.58 bits per heavy atom. The zero-order valence-corrected chi connectivity index (χ0v) is 7.29. The standard InChI is InChI=1S/C9H15NO2/c1-12-9(11)7-10-8-5-3-2-4-6-8/h2-3,5,9-11H,4,6-7H2,1H3. The number of hydrogen-bond donors (Lipinski definition) is 2. The van der Waals surface area contributed by atoms with Crippen LogP contribution in [0, 0.1) is 0 Å². The third-order valence-corrected chi connectivity index (χ3v) is 1.79. The summed E-state index contributed by atoms with van der Waals surface area (Å²) in [7, 11) is 1.49. The highest BCUT2D eigenvalue weighted by molar-refractivity contribution is 5.16. The van der Waals surface area contributed by atoms with E-state index in [0.29, 0.717) is 6.54 Å². The molecule has 0 amide bonds. The number of ether oxygens (including phenoxy) is 1. The molecule has 0 aliphatic heterocycles. The first-order valence-electron chi connectivity index (χ1n) is 4.13. The van der Waals surface area contributed by atoms with Crippen LogP contribution in [-0.4, -0.2) is 25.1 Å². The van der Waals surface area contributed by atoms with Gasteiger partial charge in [0.2, 0.25) is 0 Å². The predicted molar refractivity (Wildman–Crippen MR) is 47.5 cm³/mol. The second-order valence-electron chi connectivity index (χ2n) is 2.73. The van der Waals surface area contributed by atoms with Crippen LogP contribution in [0.2, 0.25) is 0 Å². The van der Waals surface area contributed by atoms with Crippen LogP contribution in [0.3, 0.4) is 0 Å². The molecule has 1 aliphatic rings. The summed E-state index contributed by atoms with van der Waals surface area (Å²) in [6.45, 7) is 0.455. The lowest BCUT2D eigenvalue weighted by Crippen LogP contribution is -2.27. The van der Waals surface area contributed by atoms with Crippen molar-refractivity contribution in [2.45, 2.75) is 19.1 Å². The lowest BCUT2D eigenvalue weighted by Gasteiger charge is -2.14. The van der Waals surface area contributed by atoms with Gasteiger partial charge in [0.05, 0.1) is 6.54 Å². The van der Waals surface area contributed by atoms with Gasteiger partial charge in [0.25, 0.3) is 0 Å². The Bertz CT molecular complexity index is 187. The monoisotopic (exact) mass is 169 g/mol. The Morgan fingerprint density at radius 1 is 1.75 bits per heavy atom. The highest BCUT2D eigenvalue weighted by atomic mass is 16.6. The summed E-state index contributed by atoms with van der Waals surface area (Å²) in [5.74, 6) is 0. The number of allylic oxidation sites excluding steroid dienone is 4. The van der Waals surface area contributed by atoms with Crippen molar-refractivity contribution in [3.05, 3.63) is 23.9 Å². The fourth-order valence-electron chi connectivity index (χ4n) is 1.05. The third-order valence-electron chi connectivity index (χ3n) is 1.79. The molecule has 0 spiro atoms. The Morgan fingerprint density at radius 3 is 3.17 bits per heavy atom. The molecule has 1 rings (SSSR count). The minimum absolute atomic E-state index is 0.455. The summed E-state index contributed by atoms with van der Waals surface area (Å²) < 4.78 is 4.69. The minimum Gasteiger partial charge on any atom is -0.383 e. The highest BCUT2D eigenvalue weighted by Gasteiger charge is 2.02. The van der Waals surface area contributed by atoms with Gasteiger partial charge in [-0.05, 0) is 18.9 Å². The van der Waals surface area contributed by atoms with Crippen molar-refractivity contribution in [3.63, 3.8) is 0 Å². The number of methoxy groups -OCH3 is 1. The van der Waals surface area contributed by atoms with Gasteiger partial charge in [0.15, 0.2) is 6.29 Å². The van der Waals surface area contributed by atoms with Crippen LogP contribution in [0.1, 0.15) is 12.8 Å². The van der Waals surface area contributed by atoms with Crippen molar-refractivity contribution in [3.8, 4) is 0 Å². The molecule has 1 unspecified atom stereocenters. The smallest absolute Gasteiger partial charge is 0.171 e. The quantitative estimate of drug-likeness (QED) is 0.611. The minimum atomic E-state index is -0.711. The van der Waals surface area contributed by atoms with E-state index in [9.17, 15) is 0 Å². The molecule has 1 aliphatic carbocycles. The van der Waals surface area contributed by atoms with Gasteiger partial charge in [0.1, 0.15) is 0 Å². The van der Waals surface area contributed by atoms with Crippen LogP contribution in [0.25, 0.3) is 0 Å². The van der Waals surface area contributed by atoms with Gasteiger partial charge in [0, 0.05) is 12.8 Å². The van der Waals surface area contributed by atoms with E-state index in [1.165, 1.54) is 7.11 Å². The SMILES string of the molecule is COC(O)CNC1=CC=CCC1. The Balaban J connectivity index is 2.22. The Kier molecular flexibility index (Phi) is 3.84. The molecule has 1 atom stereocenters. The summed E-state index contributed by atoms with van der Waals surface area (Å²) in [5, 5.41) is 12.2. The normalized spacial score (nSPS) is 18.7. The molecule has 0 radical (unpaired) electrons. The number of nitrogens with one attached hydrogen (secondary N) is 1. The zero-order chi connectivity index (χ0) is 8.81. The van der Waals surface area contributed by atoms with Crippen LogP contribution >= 0.6 is 0 Å². The molecule has 0 heterocycles. The summed E-state index contributed by atoms with van der Waals surface area (Å²) in [5.41, 5.74) is 1.16. The van der Waals surface area contributed by atoms with Gasteiger partial charge in [-0.3, -0.25) is 0 Å². The number of rotatable bonds is 4. The van der Waals surface area contributed by atoms with Crippen LogP contribution < -0.4 is 5.32 Å². The van der Waals surface area contributed by atoms with E-state index in [1.807, 2.05) is 12.2 Å². The van der Waals surface area contributed by atoms with E-state index in [1.54, 1.807) is 0 Å². The van der Waals surface area contributed by atoms with Crippen molar-refractivity contribution in [2.75, 3.05) is 13.7 Å². The van der Waals surface area contributed by atoms with Gasteiger partial charge in [-0.2, -0.15) is 0 Å². The second-order valence-corrected chi connectivity index (χ2v) is 2.73. The van der Waals surface area contributed by atoms with E-state index in [-0.39, 0.29) is 0 Å². The maximum atomic E-state index is 9.06. The molecule has 2 N–H and O–H groups in total. The fourth-order valence-corrected chi connectivity index (χ4v) is 1.05. The lowest BCUT2D eigenvalue weighted by molar-refractivity contribution is -0.0695. The molecule has 3 heteroatoms. The average Bonchev–Trinajstić information content (AvgIpc) is 2.16. The highest BCUT2D eigenvalue weighted by Crippen LogP contribution is 2.07. The van der Waals surface area contributed by atoms with Crippen LogP contribution in [0.15, 0.2) is 23.9 Å². The Hall–Kier alpha value is -0.800. The molecule has 0 bridgehead atoms. The number of aliphatic hydroxyl groups is 1. The zero-order valence-electron chi connectivity index (χ0n) is 7.29. The van der Waals surface area contributed by atoms with Crippen molar-refractivity contribution >= 4 is 0 Å². The summed E-state index contributed by atoms with van der Waals surface area (Å²) in [6, 6.07) is 0. The van der Waals surface area contributed by atoms with Gasteiger partial charge < -0.3 is 15.2 Å². The molecule has 0 saturated carbocycles. The van der Waals surface area contributed by atoms with Gasteiger partial charge in [-0.15, -0.1) is 0 Å². The molecule has 0 aromatic rings. The first-order valence-corrected chi connectivity index (χ1v) is 4.13. The summed E-state index contributed by atoms with van der Waals surface area (Å²) >= 11 is 0. The molecule has 12 heavy (non-hydrogen) atoms. The Labute approximate surface area is 72.7 Å². The molecule has 0 saturated heterocycles. The average molecular weight is 169 g/mol. The molecule has 0 aromatic carbocycles. The van der Waals surface area contributed by atoms with Gasteiger partial charge in [-0.25, -0.2) is 0 Å². The van der Waals surface area contributed by atoms with Crippen molar-refractivity contribution in [1.82, 2.24) is 5.32 Å². The van der Waals surface area contributed by atoms with Crippen molar-refractivity contribution in [1.29, 1.82) is 0 Å². The largest absolute Gasteiger partial charge is 0.383 e.